The first-order valence-corrected chi connectivity index (χ1v) is 5.98. The molecule has 3 N–H and O–H groups in total. The van der Waals surface area contributed by atoms with Crippen LogP contribution in [0.2, 0.25) is 0 Å². The largest absolute Gasteiger partial charge is 0.480 e. The molecule has 1 fully saturated rings. The van der Waals surface area contributed by atoms with Gasteiger partial charge in [0, 0.05) is 6.42 Å². The summed E-state index contributed by atoms with van der Waals surface area (Å²) in [5.74, 6) is -1.66. The number of rotatable bonds is 7. The summed E-state index contributed by atoms with van der Waals surface area (Å²) in [6, 6.07) is -1.51. The van der Waals surface area contributed by atoms with E-state index in [9.17, 15) is 14.4 Å². The molecule has 0 aromatic heterocycles. The Bertz CT molecular complexity index is 354. The van der Waals surface area contributed by atoms with Gasteiger partial charge in [-0.1, -0.05) is 6.08 Å². The number of aliphatic carboxylic acids is 1. The first-order chi connectivity index (χ1) is 8.54. The minimum atomic E-state index is -1.06. The molecule has 1 heterocycles. The molecule has 0 radical (unpaired) electrons. The van der Waals surface area contributed by atoms with Crippen LogP contribution in [0.25, 0.3) is 0 Å². The van der Waals surface area contributed by atoms with Gasteiger partial charge in [-0.25, -0.2) is 4.79 Å². The molecule has 1 aliphatic rings. The number of hydrogen-bond acceptors (Lipinski definition) is 3. The zero-order valence-electron chi connectivity index (χ0n) is 10.1. The van der Waals surface area contributed by atoms with Crippen LogP contribution in [0.1, 0.15) is 32.1 Å². The number of carboxylic acid groups (broad SMARTS) is 1. The average Bonchev–Trinajstić information content (AvgIpc) is 2.74. The maximum absolute atomic E-state index is 11.7. The molecular formula is C12H18N2O4. The van der Waals surface area contributed by atoms with Gasteiger partial charge in [0.25, 0.3) is 0 Å². The predicted octanol–water partition coefficient (Wildman–Crippen LogP) is 0.191. The fraction of sp³-hybridized carbons (Fsp3) is 0.583. The third-order valence-corrected chi connectivity index (χ3v) is 2.83. The van der Waals surface area contributed by atoms with Gasteiger partial charge in [-0.2, -0.15) is 0 Å². The van der Waals surface area contributed by atoms with Gasteiger partial charge in [-0.3, -0.25) is 9.59 Å². The maximum Gasteiger partial charge on any atom is 0.326 e. The number of hydrogen-bond donors (Lipinski definition) is 3. The molecule has 1 rings (SSSR count). The van der Waals surface area contributed by atoms with E-state index in [1.165, 1.54) is 0 Å². The Hall–Kier alpha value is -1.85. The summed E-state index contributed by atoms with van der Waals surface area (Å²) < 4.78 is 0. The van der Waals surface area contributed by atoms with Crippen LogP contribution in [0.3, 0.4) is 0 Å². The van der Waals surface area contributed by atoms with E-state index in [0.717, 1.165) is 0 Å². The van der Waals surface area contributed by atoms with Gasteiger partial charge in [0.2, 0.25) is 11.8 Å². The van der Waals surface area contributed by atoms with E-state index in [2.05, 4.69) is 17.2 Å². The lowest BCUT2D eigenvalue weighted by molar-refractivity contribution is -0.142. The van der Waals surface area contributed by atoms with Crippen molar-refractivity contribution in [2.24, 2.45) is 0 Å². The Morgan fingerprint density at radius 2 is 2.33 bits per heavy atom. The van der Waals surface area contributed by atoms with Crippen molar-refractivity contribution in [1.82, 2.24) is 10.6 Å². The Kier molecular flexibility index (Phi) is 5.35. The van der Waals surface area contributed by atoms with E-state index in [4.69, 9.17) is 5.11 Å². The molecule has 6 nitrogen and oxygen atoms in total. The first kappa shape index (κ1) is 14.2. The minimum absolute atomic E-state index is 0.173. The van der Waals surface area contributed by atoms with Gasteiger partial charge in [0.1, 0.15) is 12.1 Å². The lowest BCUT2D eigenvalue weighted by Gasteiger charge is -2.17. The molecular weight excluding hydrogens is 236 g/mol. The lowest BCUT2D eigenvalue weighted by atomic mass is 10.1. The van der Waals surface area contributed by atoms with Crippen molar-refractivity contribution < 1.29 is 19.5 Å². The fourth-order valence-corrected chi connectivity index (χ4v) is 1.81. The number of carbonyl (C=O) groups is 3. The van der Waals surface area contributed by atoms with Gasteiger partial charge in [0.05, 0.1) is 0 Å². The molecule has 0 saturated carbocycles. The highest BCUT2D eigenvalue weighted by molar-refractivity contribution is 5.92. The molecule has 2 amide bonds. The summed E-state index contributed by atoms with van der Waals surface area (Å²) >= 11 is 0. The van der Waals surface area contributed by atoms with Crippen molar-refractivity contribution >= 4 is 17.8 Å². The Morgan fingerprint density at radius 3 is 2.83 bits per heavy atom. The molecule has 6 heteroatoms. The predicted molar refractivity (Wildman–Crippen MR) is 64.8 cm³/mol. The number of amides is 2. The number of nitrogens with one attached hydrogen (secondary N) is 2. The number of carbonyl (C=O) groups excluding carboxylic acids is 2. The molecule has 1 saturated heterocycles. The fourth-order valence-electron chi connectivity index (χ4n) is 1.81. The second kappa shape index (κ2) is 6.78. The Labute approximate surface area is 105 Å². The van der Waals surface area contributed by atoms with Crippen LogP contribution in [0.4, 0.5) is 0 Å². The van der Waals surface area contributed by atoms with Crippen LogP contribution >= 0.6 is 0 Å². The van der Waals surface area contributed by atoms with Crippen LogP contribution in [-0.4, -0.2) is 35.0 Å². The average molecular weight is 254 g/mol. The Balaban J connectivity index is 2.44. The topological polar surface area (TPSA) is 95.5 Å². The normalized spacial score (nSPS) is 20.0. The van der Waals surface area contributed by atoms with Crippen LogP contribution in [-0.2, 0) is 14.4 Å². The van der Waals surface area contributed by atoms with Crippen LogP contribution in [0.5, 0.6) is 0 Å². The summed E-state index contributed by atoms with van der Waals surface area (Å²) in [4.78, 5) is 33.7. The molecule has 0 bridgehead atoms. The van der Waals surface area contributed by atoms with Crippen molar-refractivity contribution in [2.45, 2.75) is 44.2 Å². The van der Waals surface area contributed by atoms with Crippen molar-refractivity contribution in [3.8, 4) is 0 Å². The Morgan fingerprint density at radius 1 is 1.61 bits per heavy atom. The van der Waals surface area contributed by atoms with E-state index >= 15 is 0 Å². The van der Waals surface area contributed by atoms with Crippen LogP contribution < -0.4 is 10.6 Å². The molecule has 1 aliphatic heterocycles. The van der Waals surface area contributed by atoms with Gasteiger partial charge in [0.15, 0.2) is 0 Å². The summed E-state index contributed by atoms with van der Waals surface area (Å²) in [5, 5.41) is 13.9. The van der Waals surface area contributed by atoms with Crippen molar-refractivity contribution in [1.29, 1.82) is 0 Å². The van der Waals surface area contributed by atoms with E-state index in [1.54, 1.807) is 6.08 Å². The molecule has 18 heavy (non-hydrogen) atoms. The molecule has 0 aromatic carbocycles. The standard InChI is InChI=1S/C12H18N2O4/c1-2-3-4-5-9(12(17)18)14-11(16)8-6-7-10(15)13-8/h2,8-9H,1,3-7H2,(H,13,15)(H,14,16)(H,17,18)/t8-,9-/m0/s1. The SMILES string of the molecule is C=CCCC[C@H](NC(=O)[C@@H]1CCC(=O)N1)C(=O)O. The highest BCUT2D eigenvalue weighted by atomic mass is 16.4. The third-order valence-electron chi connectivity index (χ3n) is 2.83. The van der Waals surface area contributed by atoms with Crippen molar-refractivity contribution in [3.05, 3.63) is 12.7 Å². The van der Waals surface area contributed by atoms with Gasteiger partial charge in [-0.05, 0) is 25.7 Å². The zero-order valence-corrected chi connectivity index (χ0v) is 10.1. The first-order valence-electron chi connectivity index (χ1n) is 5.98. The molecule has 0 spiro atoms. The smallest absolute Gasteiger partial charge is 0.326 e. The quantitative estimate of drug-likeness (QED) is 0.446. The second-order valence-electron chi connectivity index (χ2n) is 4.28. The van der Waals surface area contributed by atoms with Gasteiger partial charge >= 0.3 is 5.97 Å². The van der Waals surface area contributed by atoms with Gasteiger partial charge < -0.3 is 15.7 Å². The van der Waals surface area contributed by atoms with E-state index in [-0.39, 0.29) is 5.91 Å². The van der Waals surface area contributed by atoms with Crippen LogP contribution in [0.15, 0.2) is 12.7 Å². The van der Waals surface area contributed by atoms with Gasteiger partial charge in [-0.15, -0.1) is 6.58 Å². The van der Waals surface area contributed by atoms with Crippen molar-refractivity contribution in [3.63, 3.8) is 0 Å². The third kappa shape index (κ3) is 4.20. The maximum atomic E-state index is 11.7. The van der Waals surface area contributed by atoms with E-state index in [1.807, 2.05) is 0 Å². The second-order valence-corrected chi connectivity index (χ2v) is 4.28. The number of allylic oxidation sites excluding steroid dienone is 1. The molecule has 0 aliphatic carbocycles. The van der Waals surface area contributed by atoms with Crippen molar-refractivity contribution in [2.75, 3.05) is 0 Å². The number of carboxylic acids is 1. The molecule has 0 unspecified atom stereocenters. The number of unbranched alkanes of at least 4 members (excludes halogenated alkanes) is 1. The minimum Gasteiger partial charge on any atom is -0.480 e. The lowest BCUT2D eigenvalue weighted by Crippen LogP contribution is -2.48. The molecule has 100 valence electrons. The summed E-state index contributed by atoms with van der Waals surface area (Å²) in [7, 11) is 0. The molecule has 0 aromatic rings. The highest BCUT2D eigenvalue weighted by Gasteiger charge is 2.29. The highest BCUT2D eigenvalue weighted by Crippen LogP contribution is 2.08. The monoisotopic (exact) mass is 254 g/mol. The van der Waals surface area contributed by atoms with Crippen LogP contribution in [0, 0.1) is 0 Å². The summed E-state index contributed by atoms with van der Waals surface area (Å²) in [6.45, 7) is 3.55. The summed E-state index contributed by atoms with van der Waals surface area (Å²) in [5.41, 5.74) is 0. The van der Waals surface area contributed by atoms with E-state index < -0.39 is 24.0 Å². The molecule has 2 atom stereocenters. The zero-order chi connectivity index (χ0) is 13.5. The summed E-state index contributed by atoms with van der Waals surface area (Å²) in [6.07, 6.45) is 4.15. The van der Waals surface area contributed by atoms with E-state index in [0.29, 0.717) is 32.1 Å².